The Morgan fingerprint density at radius 3 is 2.81 bits per heavy atom. The summed E-state index contributed by atoms with van der Waals surface area (Å²) in [5.74, 6) is -0.178. The number of carbonyl (C=O) groups is 1. The van der Waals surface area contributed by atoms with E-state index in [1.165, 1.54) is 6.07 Å². The molecule has 0 aliphatic carbocycles. The van der Waals surface area contributed by atoms with Crippen LogP contribution in [0.4, 0.5) is 21.6 Å². The van der Waals surface area contributed by atoms with E-state index in [0.29, 0.717) is 49.1 Å². The molecule has 0 unspecified atom stereocenters. The van der Waals surface area contributed by atoms with Crippen LogP contribution in [0.2, 0.25) is 0 Å². The van der Waals surface area contributed by atoms with Gasteiger partial charge in [-0.2, -0.15) is 5.10 Å². The number of carbonyl (C=O) groups excluding carboxylic acids is 1. The van der Waals surface area contributed by atoms with Crippen molar-refractivity contribution in [2.45, 2.75) is 26.4 Å². The van der Waals surface area contributed by atoms with Crippen LogP contribution in [-0.4, -0.2) is 52.0 Å². The maximum Gasteiger partial charge on any atom is 0.255 e. The predicted octanol–water partition coefficient (Wildman–Crippen LogP) is 4.25. The van der Waals surface area contributed by atoms with E-state index in [1.54, 1.807) is 29.1 Å². The van der Waals surface area contributed by atoms with Crippen LogP contribution < -0.4 is 15.5 Å². The second kappa shape index (κ2) is 10.3. The number of aromatic nitrogens is 4. The fourth-order valence-electron chi connectivity index (χ4n) is 4.18. The van der Waals surface area contributed by atoms with Gasteiger partial charge in [0, 0.05) is 30.9 Å². The van der Waals surface area contributed by atoms with Gasteiger partial charge in [0.05, 0.1) is 37.3 Å². The molecule has 2 N–H and O–H groups in total. The molecular formula is C26H28FN7O2. The number of fused-ring (bicyclic) bond motifs is 1. The number of nitrogens with one attached hydrogen (secondary N) is 2. The van der Waals surface area contributed by atoms with Gasteiger partial charge >= 0.3 is 0 Å². The number of morpholine rings is 1. The average Bonchev–Trinajstić information content (AvgIpc) is 3.32. The minimum absolute atomic E-state index is 0.105. The number of hydrogen-bond donors (Lipinski definition) is 2. The Balaban J connectivity index is 1.26. The van der Waals surface area contributed by atoms with Crippen molar-refractivity contribution < 1.29 is 13.9 Å². The van der Waals surface area contributed by atoms with Gasteiger partial charge in [0.2, 0.25) is 5.65 Å². The lowest BCUT2D eigenvalue weighted by Gasteiger charge is -2.29. The lowest BCUT2D eigenvalue weighted by atomic mass is 10.1. The van der Waals surface area contributed by atoms with Gasteiger partial charge < -0.3 is 20.3 Å². The molecule has 2 aromatic heterocycles. The fraction of sp³-hybridized carbons (Fsp3) is 0.308. The van der Waals surface area contributed by atoms with E-state index < -0.39 is 5.82 Å². The zero-order valence-electron chi connectivity index (χ0n) is 20.2. The van der Waals surface area contributed by atoms with Crippen LogP contribution in [0.3, 0.4) is 0 Å². The highest BCUT2D eigenvalue weighted by Crippen LogP contribution is 2.24. The van der Waals surface area contributed by atoms with Crippen molar-refractivity contribution in [3.63, 3.8) is 0 Å². The summed E-state index contributed by atoms with van der Waals surface area (Å²) in [5, 5.41) is 10.6. The Kier molecular flexibility index (Phi) is 6.77. The van der Waals surface area contributed by atoms with Crippen molar-refractivity contribution in [3.05, 3.63) is 71.8 Å². The van der Waals surface area contributed by atoms with Crippen LogP contribution in [0.5, 0.6) is 0 Å². The topological polar surface area (TPSA) is 97.2 Å². The Labute approximate surface area is 208 Å². The van der Waals surface area contributed by atoms with E-state index >= 15 is 0 Å². The Morgan fingerprint density at radius 2 is 2.03 bits per heavy atom. The monoisotopic (exact) mass is 489 g/mol. The highest BCUT2D eigenvalue weighted by atomic mass is 19.1. The third-order valence-electron chi connectivity index (χ3n) is 6.17. The summed E-state index contributed by atoms with van der Waals surface area (Å²) in [6, 6.07) is 12.0. The largest absolute Gasteiger partial charge is 0.378 e. The number of benzene rings is 2. The van der Waals surface area contributed by atoms with Crippen molar-refractivity contribution in [1.82, 2.24) is 19.7 Å². The summed E-state index contributed by atoms with van der Waals surface area (Å²) in [6.45, 7) is 7.14. The van der Waals surface area contributed by atoms with Crippen LogP contribution in [0.15, 0.2) is 54.9 Å². The minimum atomic E-state index is -0.419. The molecule has 36 heavy (non-hydrogen) atoms. The molecule has 1 fully saturated rings. The normalized spacial score (nSPS) is 14.6. The Bertz CT molecular complexity index is 1380. The number of anilines is 3. The third kappa shape index (κ3) is 5.13. The van der Waals surface area contributed by atoms with Crippen LogP contribution in [0.25, 0.3) is 11.2 Å². The second-order valence-corrected chi connectivity index (χ2v) is 8.66. The highest BCUT2D eigenvalue weighted by Gasteiger charge is 2.17. The van der Waals surface area contributed by atoms with Gasteiger partial charge in [-0.3, -0.25) is 9.48 Å². The van der Waals surface area contributed by atoms with Gasteiger partial charge in [-0.25, -0.2) is 14.4 Å². The molecular weight excluding hydrogens is 461 g/mol. The molecule has 1 aliphatic heterocycles. The van der Waals surface area contributed by atoms with Crippen LogP contribution in [0, 0.1) is 5.82 Å². The van der Waals surface area contributed by atoms with E-state index in [1.807, 2.05) is 43.1 Å². The van der Waals surface area contributed by atoms with Gasteiger partial charge in [0.15, 0.2) is 0 Å². The maximum absolute atomic E-state index is 14.7. The summed E-state index contributed by atoms with van der Waals surface area (Å²) in [6.07, 6.45) is 3.55. The number of ether oxygens (including phenoxy) is 1. The van der Waals surface area contributed by atoms with Crippen LogP contribution in [-0.2, 0) is 11.3 Å². The summed E-state index contributed by atoms with van der Waals surface area (Å²) in [5.41, 5.74) is 3.64. The fourth-order valence-corrected chi connectivity index (χ4v) is 4.18. The van der Waals surface area contributed by atoms with Crippen LogP contribution >= 0.6 is 0 Å². The van der Waals surface area contributed by atoms with Crippen molar-refractivity contribution in [1.29, 1.82) is 0 Å². The summed E-state index contributed by atoms with van der Waals surface area (Å²) in [7, 11) is 0. The highest BCUT2D eigenvalue weighted by molar-refractivity contribution is 6.04. The average molecular weight is 490 g/mol. The van der Waals surface area contributed by atoms with E-state index in [2.05, 4.69) is 25.7 Å². The van der Waals surface area contributed by atoms with Gasteiger partial charge in [0.1, 0.15) is 17.2 Å². The minimum Gasteiger partial charge on any atom is -0.378 e. The standard InChI is InChI=1S/C26H28FN7O2/c1-3-34-16-22-25(32-34)31-24(15-28-22)29-17(2)18-5-4-6-20(13-18)30-26(35)19-7-8-23(21(27)14-19)33-9-11-36-12-10-33/h4-8,13-17H,3,9-12H2,1-2H3,(H,30,35)(H,29,31,32)/t17-/m0/s1. The van der Waals surface area contributed by atoms with Crippen molar-refractivity contribution >= 4 is 34.3 Å². The zero-order chi connectivity index (χ0) is 25.1. The lowest BCUT2D eigenvalue weighted by molar-refractivity contribution is 0.102. The van der Waals surface area contributed by atoms with Crippen molar-refractivity contribution in [3.8, 4) is 0 Å². The first-order valence-electron chi connectivity index (χ1n) is 12.0. The third-order valence-corrected chi connectivity index (χ3v) is 6.17. The molecule has 0 spiro atoms. The molecule has 0 bridgehead atoms. The van der Waals surface area contributed by atoms with Crippen molar-refractivity contribution in [2.24, 2.45) is 0 Å². The molecule has 0 radical (unpaired) electrons. The SMILES string of the molecule is CCn1cc2ncc(N[C@@H](C)c3cccc(NC(=O)c4ccc(N5CCOCC5)c(F)c4)c3)nc2n1. The van der Waals surface area contributed by atoms with Gasteiger partial charge in [-0.1, -0.05) is 12.1 Å². The van der Waals surface area contributed by atoms with E-state index in [4.69, 9.17) is 4.74 Å². The molecule has 2 aromatic carbocycles. The van der Waals surface area contributed by atoms with Gasteiger partial charge in [-0.15, -0.1) is 0 Å². The molecule has 3 heterocycles. The molecule has 5 rings (SSSR count). The zero-order valence-corrected chi connectivity index (χ0v) is 20.2. The number of aryl methyl sites for hydroxylation is 1. The smallest absolute Gasteiger partial charge is 0.255 e. The first-order valence-corrected chi connectivity index (χ1v) is 12.0. The molecule has 1 aliphatic rings. The first kappa shape index (κ1) is 23.7. The van der Waals surface area contributed by atoms with Crippen molar-refractivity contribution in [2.75, 3.05) is 41.8 Å². The molecule has 9 nitrogen and oxygen atoms in total. The number of amides is 1. The summed E-state index contributed by atoms with van der Waals surface area (Å²) in [4.78, 5) is 23.7. The number of halogens is 1. The molecule has 10 heteroatoms. The van der Waals surface area contributed by atoms with E-state index in [9.17, 15) is 9.18 Å². The number of nitrogens with zero attached hydrogens (tertiary/aromatic N) is 5. The first-order chi connectivity index (χ1) is 17.5. The second-order valence-electron chi connectivity index (χ2n) is 8.66. The van der Waals surface area contributed by atoms with E-state index in [-0.39, 0.29) is 17.5 Å². The lowest BCUT2D eigenvalue weighted by Crippen LogP contribution is -2.36. The Hall–Kier alpha value is -4.05. The Morgan fingerprint density at radius 1 is 1.19 bits per heavy atom. The number of rotatable bonds is 7. The molecule has 4 aromatic rings. The summed E-state index contributed by atoms with van der Waals surface area (Å²) >= 11 is 0. The molecule has 1 saturated heterocycles. The molecule has 1 amide bonds. The maximum atomic E-state index is 14.7. The molecule has 0 saturated carbocycles. The van der Waals surface area contributed by atoms with Crippen LogP contribution in [0.1, 0.15) is 35.8 Å². The van der Waals surface area contributed by atoms with Gasteiger partial charge in [0.25, 0.3) is 5.91 Å². The molecule has 1 atom stereocenters. The predicted molar refractivity (Wildman–Crippen MR) is 137 cm³/mol. The molecule has 186 valence electrons. The van der Waals surface area contributed by atoms with Gasteiger partial charge in [-0.05, 0) is 49.7 Å². The van der Waals surface area contributed by atoms with E-state index in [0.717, 1.165) is 17.6 Å². The summed E-state index contributed by atoms with van der Waals surface area (Å²) < 4.78 is 21.9. The quantitative estimate of drug-likeness (QED) is 0.401. The number of hydrogen-bond acceptors (Lipinski definition) is 7.